The lowest BCUT2D eigenvalue weighted by molar-refractivity contribution is -0.272. The standard InChI is InChI=1S/C8H14O4/c1-8(2)11-5-4-6(12-8)7(9)10-3/h6H,4-5H2,1-3H3/t6-/m0/s1. The predicted octanol–water partition coefficient (Wildman–Crippen LogP) is 0.701. The van der Waals surface area contributed by atoms with Crippen molar-refractivity contribution in [1.82, 2.24) is 0 Å². The van der Waals surface area contributed by atoms with Crippen molar-refractivity contribution >= 4 is 5.97 Å². The van der Waals surface area contributed by atoms with Crippen LogP contribution in [0.5, 0.6) is 0 Å². The first-order chi connectivity index (χ1) is 5.55. The highest BCUT2D eigenvalue weighted by Crippen LogP contribution is 2.22. The van der Waals surface area contributed by atoms with Gasteiger partial charge in [-0.05, 0) is 13.8 Å². The van der Waals surface area contributed by atoms with Gasteiger partial charge in [0.1, 0.15) is 0 Å². The van der Waals surface area contributed by atoms with Crippen LogP contribution in [-0.4, -0.2) is 31.6 Å². The molecule has 0 aromatic heterocycles. The number of rotatable bonds is 1. The number of carbonyl (C=O) groups excluding carboxylic acids is 1. The highest BCUT2D eigenvalue weighted by atomic mass is 16.7. The normalized spacial score (nSPS) is 28.1. The monoisotopic (exact) mass is 174 g/mol. The summed E-state index contributed by atoms with van der Waals surface area (Å²) in [5, 5.41) is 0. The van der Waals surface area contributed by atoms with E-state index in [1.165, 1.54) is 7.11 Å². The minimum atomic E-state index is -0.670. The van der Waals surface area contributed by atoms with Gasteiger partial charge >= 0.3 is 5.97 Å². The Hall–Kier alpha value is -0.610. The van der Waals surface area contributed by atoms with Gasteiger partial charge in [0.15, 0.2) is 11.9 Å². The molecule has 0 unspecified atom stereocenters. The third-order valence-electron chi connectivity index (χ3n) is 1.72. The van der Waals surface area contributed by atoms with Crippen LogP contribution < -0.4 is 0 Å². The van der Waals surface area contributed by atoms with Crippen LogP contribution in [0.2, 0.25) is 0 Å². The molecule has 1 aliphatic rings. The van der Waals surface area contributed by atoms with E-state index in [0.29, 0.717) is 13.0 Å². The molecule has 0 aromatic carbocycles. The summed E-state index contributed by atoms with van der Waals surface area (Å²) in [6.07, 6.45) is 0.0922. The van der Waals surface area contributed by atoms with Crippen LogP contribution in [0.25, 0.3) is 0 Å². The molecule has 0 bridgehead atoms. The summed E-state index contributed by atoms with van der Waals surface area (Å²) in [4.78, 5) is 11.1. The molecule has 0 aliphatic carbocycles. The first-order valence-corrected chi connectivity index (χ1v) is 3.95. The number of carbonyl (C=O) groups is 1. The first kappa shape index (κ1) is 9.48. The molecule has 0 spiro atoms. The molecule has 4 heteroatoms. The van der Waals surface area contributed by atoms with Crippen LogP contribution in [0.15, 0.2) is 0 Å². The first-order valence-electron chi connectivity index (χ1n) is 3.95. The Kier molecular flexibility index (Phi) is 2.69. The Balaban J connectivity index is 2.52. The van der Waals surface area contributed by atoms with Crippen LogP contribution in [0.1, 0.15) is 20.3 Å². The summed E-state index contributed by atoms with van der Waals surface area (Å²) in [5.41, 5.74) is 0. The molecular weight excluding hydrogens is 160 g/mol. The number of hydrogen-bond donors (Lipinski definition) is 0. The Bertz CT molecular complexity index is 176. The van der Waals surface area contributed by atoms with Gasteiger partial charge in [-0.2, -0.15) is 0 Å². The molecule has 0 aromatic rings. The Morgan fingerprint density at radius 2 is 2.25 bits per heavy atom. The van der Waals surface area contributed by atoms with Crippen molar-refractivity contribution in [2.24, 2.45) is 0 Å². The summed E-state index contributed by atoms with van der Waals surface area (Å²) in [7, 11) is 1.36. The number of methoxy groups -OCH3 is 1. The molecule has 1 saturated heterocycles. The van der Waals surface area contributed by atoms with Crippen LogP contribution in [0.4, 0.5) is 0 Å². The maximum atomic E-state index is 11.1. The second-order valence-corrected chi connectivity index (χ2v) is 3.17. The lowest BCUT2D eigenvalue weighted by atomic mass is 10.2. The van der Waals surface area contributed by atoms with E-state index in [9.17, 15) is 4.79 Å². The van der Waals surface area contributed by atoms with Crippen LogP contribution in [0.3, 0.4) is 0 Å². The van der Waals surface area contributed by atoms with Crippen LogP contribution in [0, 0.1) is 0 Å². The average Bonchev–Trinajstić information content (AvgIpc) is 2.01. The maximum absolute atomic E-state index is 11.1. The van der Waals surface area contributed by atoms with E-state index in [1.807, 2.05) is 0 Å². The van der Waals surface area contributed by atoms with E-state index in [2.05, 4.69) is 4.74 Å². The minimum Gasteiger partial charge on any atom is -0.467 e. The zero-order chi connectivity index (χ0) is 9.19. The summed E-state index contributed by atoms with van der Waals surface area (Å²) in [5.74, 6) is -0.997. The molecular formula is C8H14O4. The quantitative estimate of drug-likeness (QED) is 0.549. The lowest BCUT2D eigenvalue weighted by Crippen LogP contribution is -2.43. The molecule has 1 heterocycles. The highest BCUT2D eigenvalue weighted by molar-refractivity contribution is 5.74. The Morgan fingerprint density at radius 3 is 2.75 bits per heavy atom. The van der Waals surface area contributed by atoms with Crippen molar-refractivity contribution in [3.8, 4) is 0 Å². The summed E-state index contributed by atoms with van der Waals surface area (Å²) in [6, 6.07) is 0. The second-order valence-electron chi connectivity index (χ2n) is 3.17. The largest absolute Gasteiger partial charge is 0.467 e. The van der Waals surface area contributed by atoms with E-state index in [0.717, 1.165) is 0 Å². The van der Waals surface area contributed by atoms with Crippen molar-refractivity contribution in [2.45, 2.75) is 32.2 Å². The summed E-state index contributed by atoms with van der Waals surface area (Å²) in [6.45, 7) is 4.09. The van der Waals surface area contributed by atoms with Crippen molar-refractivity contribution < 1.29 is 19.0 Å². The third-order valence-corrected chi connectivity index (χ3v) is 1.72. The molecule has 1 atom stereocenters. The van der Waals surface area contributed by atoms with Crippen LogP contribution in [-0.2, 0) is 19.0 Å². The molecule has 1 fully saturated rings. The smallest absolute Gasteiger partial charge is 0.335 e. The van der Waals surface area contributed by atoms with Crippen LogP contribution >= 0.6 is 0 Å². The van der Waals surface area contributed by atoms with E-state index in [-0.39, 0.29) is 5.97 Å². The van der Waals surface area contributed by atoms with Gasteiger partial charge in [0.2, 0.25) is 0 Å². The number of esters is 1. The molecule has 0 N–H and O–H groups in total. The predicted molar refractivity (Wildman–Crippen MR) is 41.5 cm³/mol. The zero-order valence-corrected chi connectivity index (χ0v) is 7.62. The van der Waals surface area contributed by atoms with Gasteiger partial charge in [0.05, 0.1) is 13.7 Å². The molecule has 70 valence electrons. The van der Waals surface area contributed by atoms with Gasteiger partial charge < -0.3 is 14.2 Å². The van der Waals surface area contributed by atoms with E-state index in [1.54, 1.807) is 13.8 Å². The van der Waals surface area contributed by atoms with Gasteiger partial charge in [0, 0.05) is 6.42 Å². The molecule has 1 aliphatic heterocycles. The Morgan fingerprint density at radius 1 is 1.58 bits per heavy atom. The van der Waals surface area contributed by atoms with Gasteiger partial charge in [-0.15, -0.1) is 0 Å². The summed E-state index contributed by atoms with van der Waals surface area (Å²) < 4.78 is 15.2. The number of hydrogen-bond acceptors (Lipinski definition) is 4. The van der Waals surface area contributed by atoms with Gasteiger partial charge in [-0.1, -0.05) is 0 Å². The molecule has 4 nitrogen and oxygen atoms in total. The highest BCUT2D eigenvalue weighted by Gasteiger charge is 2.33. The van der Waals surface area contributed by atoms with Gasteiger partial charge in [-0.25, -0.2) is 4.79 Å². The van der Waals surface area contributed by atoms with E-state index in [4.69, 9.17) is 9.47 Å². The molecule has 0 saturated carbocycles. The summed E-state index contributed by atoms with van der Waals surface area (Å²) >= 11 is 0. The zero-order valence-electron chi connectivity index (χ0n) is 7.62. The molecule has 1 rings (SSSR count). The van der Waals surface area contributed by atoms with E-state index < -0.39 is 11.9 Å². The average molecular weight is 174 g/mol. The number of ether oxygens (including phenoxy) is 3. The van der Waals surface area contributed by atoms with Gasteiger partial charge in [-0.3, -0.25) is 0 Å². The van der Waals surface area contributed by atoms with Crippen molar-refractivity contribution in [2.75, 3.05) is 13.7 Å². The van der Waals surface area contributed by atoms with Gasteiger partial charge in [0.25, 0.3) is 0 Å². The van der Waals surface area contributed by atoms with E-state index >= 15 is 0 Å². The van der Waals surface area contributed by atoms with Crippen molar-refractivity contribution in [3.63, 3.8) is 0 Å². The SMILES string of the molecule is COC(=O)[C@@H]1CCOC(C)(C)O1. The molecule has 0 radical (unpaired) electrons. The fourth-order valence-electron chi connectivity index (χ4n) is 1.14. The molecule has 12 heavy (non-hydrogen) atoms. The van der Waals surface area contributed by atoms with Crippen molar-refractivity contribution in [1.29, 1.82) is 0 Å². The Labute approximate surface area is 71.8 Å². The topological polar surface area (TPSA) is 44.8 Å². The van der Waals surface area contributed by atoms with Crippen molar-refractivity contribution in [3.05, 3.63) is 0 Å². The second kappa shape index (κ2) is 3.41. The minimum absolute atomic E-state index is 0.327. The fourth-order valence-corrected chi connectivity index (χ4v) is 1.14. The maximum Gasteiger partial charge on any atom is 0.335 e. The third kappa shape index (κ3) is 2.19. The fraction of sp³-hybridized carbons (Fsp3) is 0.875. The molecule has 0 amide bonds. The lowest BCUT2D eigenvalue weighted by Gasteiger charge is -2.34.